The van der Waals surface area contributed by atoms with Gasteiger partial charge in [-0.15, -0.1) is 0 Å². The summed E-state index contributed by atoms with van der Waals surface area (Å²) in [5.41, 5.74) is 0.622. The van der Waals surface area contributed by atoms with Crippen LogP contribution in [0.1, 0.15) is 13.3 Å². The highest BCUT2D eigenvalue weighted by Gasteiger charge is 2.08. The minimum absolute atomic E-state index is 0.153. The van der Waals surface area contributed by atoms with Gasteiger partial charge in [-0.2, -0.15) is 0 Å². The zero-order valence-corrected chi connectivity index (χ0v) is 10.5. The molecule has 0 saturated heterocycles. The van der Waals surface area contributed by atoms with Crippen LogP contribution in [-0.2, 0) is 10.0 Å². The third-order valence-corrected chi connectivity index (χ3v) is 3.99. The molecule has 0 fully saturated rings. The molecule has 1 N–H and O–H groups in total. The number of rotatable bonds is 4. The standard InChI is InChI=1S/C13H15NO2S/c1-2-9-17(15,16)14-13-8-7-11-5-3-4-6-12(11)10-13/h3-8,10,14H,2,9H2,1H3. The first-order valence-corrected chi connectivity index (χ1v) is 7.25. The molecule has 2 aromatic carbocycles. The van der Waals surface area contributed by atoms with Crippen LogP contribution < -0.4 is 4.72 Å². The molecule has 0 unspecified atom stereocenters. The molecular weight excluding hydrogens is 234 g/mol. The molecule has 0 aromatic heterocycles. The monoisotopic (exact) mass is 249 g/mol. The minimum atomic E-state index is -3.20. The highest BCUT2D eigenvalue weighted by atomic mass is 32.2. The zero-order valence-electron chi connectivity index (χ0n) is 9.68. The van der Waals surface area contributed by atoms with Crippen LogP contribution in [0.2, 0.25) is 0 Å². The van der Waals surface area contributed by atoms with Gasteiger partial charge in [-0.25, -0.2) is 8.42 Å². The first kappa shape index (κ1) is 11.9. The molecule has 3 nitrogen and oxygen atoms in total. The molecule has 4 heteroatoms. The molecule has 17 heavy (non-hydrogen) atoms. The van der Waals surface area contributed by atoms with Crippen molar-refractivity contribution in [1.82, 2.24) is 0 Å². The number of anilines is 1. The summed E-state index contributed by atoms with van der Waals surface area (Å²) in [4.78, 5) is 0. The highest BCUT2D eigenvalue weighted by Crippen LogP contribution is 2.19. The van der Waals surface area contributed by atoms with Gasteiger partial charge in [0, 0.05) is 5.69 Å². The second-order valence-electron chi connectivity index (χ2n) is 3.98. The summed E-state index contributed by atoms with van der Waals surface area (Å²) in [5.74, 6) is 0.153. The fourth-order valence-electron chi connectivity index (χ4n) is 1.75. The van der Waals surface area contributed by atoms with E-state index in [0.717, 1.165) is 10.8 Å². The first-order chi connectivity index (χ1) is 8.11. The molecule has 90 valence electrons. The van der Waals surface area contributed by atoms with Gasteiger partial charge in [0.25, 0.3) is 0 Å². The van der Waals surface area contributed by atoms with Gasteiger partial charge in [-0.05, 0) is 29.3 Å². The minimum Gasteiger partial charge on any atom is -0.284 e. The van der Waals surface area contributed by atoms with Crippen LogP contribution in [0.25, 0.3) is 10.8 Å². The fraction of sp³-hybridized carbons (Fsp3) is 0.231. The van der Waals surface area contributed by atoms with E-state index in [2.05, 4.69) is 4.72 Å². The summed E-state index contributed by atoms with van der Waals surface area (Å²) in [7, 11) is -3.20. The summed E-state index contributed by atoms with van der Waals surface area (Å²) >= 11 is 0. The number of benzene rings is 2. The maximum Gasteiger partial charge on any atom is 0.232 e. The van der Waals surface area contributed by atoms with Crippen molar-refractivity contribution in [2.24, 2.45) is 0 Å². The Morgan fingerprint density at radius 2 is 1.76 bits per heavy atom. The van der Waals surface area contributed by atoms with Gasteiger partial charge in [-0.1, -0.05) is 37.3 Å². The van der Waals surface area contributed by atoms with Crippen molar-refractivity contribution in [2.45, 2.75) is 13.3 Å². The third kappa shape index (κ3) is 2.97. The smallest absolute Gasteiger partial charge is 0.232 e. The Bertz CT molecular complexity index is 620. The molecule has 2 aromatic rings. The summed E-state index contributed by atoms with van der Waals surface area (Å²) in [6.45, 7) is 1.85. The van der Waals surface area contributed by atoms with E-state index in [1.54, 1.807) is 6.07 Å². The van der Waals surface area contributed by atoms with Crippen molar-refractivity contribution >= 4 is 26.5 Å². The summed E-state index contributed by atoms with van der Waals surface area (Å²) < 4.78 is 25.8. The van der Waals surface area contributed by atoms with Gasteiger partial charge in [0.2, 0.25) is 10.0 Å². The van der Waals surface area contributed by atoms with Gasteiger partial charge >= 0.3 is 0 Å². The van der Waals surface area contributed by atoms with Crippen LogP contribution in [0.15, 0.2) is 42.5 Å². The van der Waals surface area contributed by atoms with Crippen LogP contribution in [0.4, 0.5) is 5.69 Å². The fourth-order valence-corrected chi connectivity index (χ4v) is 2.88. The predicted molar refractivity (Wildman–Crippen MR) is 71.6 cm³/mol. The molecule has 0 aliphatic heterocycles. The quantitative estimate of drug-likeness (QED) is 0.905. The molecule has 0 spiro atoms. The van der Waals surface area contributed by atoms with Crippen molar-refractivity contribution in [2.75, 3.05) is 10.5 Å². The average molecular weight is 249 g/mol. The van der Waals surface area contributed by atoms with Crippen LogP contribution in [0.5, 0.6) is 0 Å². The lowest BCUT2D eigenvalue weighted by Crippen LogP contribution is -2.15. The second-order valence-corrected chi connectivity index (χ2v) is 5.82. The first-order valence-electron chi connectivity index (χ1n) is 5.60. The van der Waals surface area contributed by atoms with E-state index in [0.29, 0.717) is 12.1 Å². The van der Waals surface area contributed by atoms with Crippen LogP contribution in [0.3, 0.4) is 0 Å². The molecule has 0 heterocycles. The SMILES string of the molecule is CCCS(=O)(=O)Nc1ccc2ccccc2c1. The lowest BCUT2D eigenvalue weighted by molar-refractivity contribution is 0.600. The molecule has 0 aliphatic rings. The average Bonchev–Trinajstić information content (AvgIpc) is 2.28. The number of sulfonamides is 1. The van der Waals surface area contributed by atoms with E-state index in [1.165, 1.54) is 0 Å². The Kier molecular flexibility index (Phi) is 3.33. The predicted octanol–water partition coefficient (Wildman–Crippen LogP) is 2.99. The van der Waals surface area contributed by atoms with Crippen LogP contribution >= 0.6 is 0 Å². The van der Waals surface area contributed by atoms with Gasteiger partial charge in [0.15, 0.2) is 0 Å². The lowest BCUT2D eigenvalue weighted by Gasteiger charge is -2.07. The molecule has 0 saturated carbocycles. The molecule has 0 aliphatic carbocycles. The zero-order chi connectivity index (χ0) is 12.3. The number of fused-ring (bicyclic) bond motifs is 1. The number of hydrogen-bond acceptors (Lipinski definition) is 2. The van der Waals surface area contributed by atoms with Gasteiger partial charge in [0.1, 0.15) is 0 Å². The van der Waals surface area contributed by atoms with E-state index in [9.17, 15) is 8.42 Å². The van der Waals surface area contributed by atoms with E-state index < -0.39 is 10.0 Å². The largest absolute Gasteiger partial charge is 0.284 e. The molecule has 0 atom stereocenters. The van der Waals surface area contributed by atoms with Crippen molar-refractivity contribution in [3.05, 3.63) is 42.5 Å². The van der Waals surface area contributed by atoms with Gasteiger partial charge in [-0.3, -0.25) is 4.72 Å². The summed E-state index contributed by atoms with van der Waals surface area (Å²) in [6, 6.07) is 13.4. The maximum atomic E-state index is 11.6. The lowest BCUT2D eigenvalue weighted by atomic mass is 10.1. The van der Waals surface area contributed by atoms with Crippen molar-refractivity contribution in [3.63, 3.8) is 0 Å². The number of nitrogens with one attached hydrogen (secondary N) is 1. The van der Waals surface area contributed by atoms with E-state index in [-0.39, 0.29) is 5.75 Å². The highest BCUT2D eigenvalue weighted by molar-refractivity contribution is 7.92. The Hall–Kier alpha value is -1.55. The Balaban J connectivity index is 2.31. The molecule has 0 radical (unpaired) electrons. The van der Waals surface area contributed by atoms with E-state index in [4.69, 9.17) is 0 Å². The number of hydrogen-bond donors (Lipinski definition) is 1. The molecular formula is C13H15NO2S. The van der Waals surface area contributed by atoms with E-state index >= 15 is 0 Å². The van der Waals surface area contributed by atoms with Crippen molar-refractivity contribution in [3.8, 4) is 0 Å². The van der Waals surface area contributed by atoms with Crippen molar-refractivity contribution < 1.29 is 8.42 Å². The van der Waals surface area contributed by atoms with Gasteiger partial charge in [0.05, 0.1) is 5.75 Å². The van der Waals surface area contributed by atoms with Crippen LogP contribution in [-0.4, -0.2) is 14.2 Å². The molecule has 0 amide bonds. The van der Waals surface area contributed by atoms with Crippen molar-refractivity contribution in [1.29, 1.82) is 0 Å². The summed E-state index contributed by atoms with van der Waals surface area (Å²) in [6.07, 6.45) is 0.614. The Morgan fingerprint density at radius 1 is 1.06 bits per heavy atom. The molecule has 2 rings (SSSR count). The second kappa shape index (κ2) is 4.75. The Labute approximate surface area is 102 Å². The Morgan fingerprint density at radius 3 is 2.47 bits per heavy atom. The normalized spacial score (nSPS) is 11.6. The van der Waals surface area contributed by atoms with Crippen LogP contribution in [0, 0.1) is 0 Å². The maximum absolute atomic E-state index is 11.6. The topological polar surface area (TPSA) is 46.2 Å². The summed E-state index contributed by atoms with van der Waals surface area (Å²) in [5, 5.41) is 2.13. The molecule has 0 bridgehead atoms. The van der Waals surface area contributed by atoms with Gasteiger partial charge < -0.3 is 0 Å². The van der Waals surface area contributed by atoms with E-state index in [1.807, 2.05) is 43.3 Å². The third-order valence-electron chi connectivity index (χ3n) is 2.50.